The quantitative estimate of drug-likeness (QED) is 0.799. The van der Waals surface area contributed by atoms with Crippen molar-refractivity contribution in [3.05, 3.63) is 22.8 Å². The maximum Gasteiger partial charge on any atom is 0.416 e. The Morgan fingerprint density at radius 2 is 2.00 bits per heavy atom. The third-order valence-electron chi connectivity index (χ3n) is 5.03. The number of hydrogen-bond donors (Lipinski definition) is 2. The van der Waals surface area contributed by atoms with Crippen molar-refractivity contribution in [3.63, 3.8) is 0 Å². The van der Waals surface area contributed by atoms with Crippen LogP contribution in [0.4, 0.5) is 13.2 Å². The van der Waals surface area contributed by atoms with E-state index in [4.69, 9.17) is 17.3 Å². The average Bonchev–Trinajstić information content (AvgIpc) is 2.48. The van der Waals surface area contributed by atoms with Gasteiger partial charge in [-0.3, -0.25) is 15.0 Å². The summed E-state index contributed by atoms with van der Waals surface area (Å²) in [6, 6.07) is -0.843. The number of nitrogens with one attached hydrogen (secondary N) is 1. The number of allylic oxidation sites excluding steroid dienone is 2. The lowest BCUT2D eigenvalue weighted by Gasteiger charge is -2.48. The van der Waals surface area contributed by atoms with Crippen molar-refractivity contribution in [3.8, 4) is 0 Å². The van der Waals surface area contributed by atoms with Crippen molar-refractivity contribution in [2.45, 2.75) is 43.7 Å². The van der Waals surface area contributed by atoms with Crippen LogP contribution in [0.1, 0.15) is 19.8 Å². The van der Waals surface area contributed by atoms with E-state index in [9.17, 15) is 18.0 Å². The molecule has 3 atom stereocenters. The molecular weight excluding hydrogens is 331 g/mol. The standard InChI is InChI=1S/C15H19ClF3N3O/c1-14(7-9(15(17,18)19)6-10(16)12(14)20)21-13-11(23)8-2-4-22(13)5-3-8/h6-8,12-13,21H,2-5,20H2,1H3. The van der Waals surface area contributed by atoms with E-state index >= 15 is 0 Å². The van der Waals surface area contributed by atoms with Crippen molar-refractivity contribution in [2.24, 2.45) is 11.7 Å². The van der Waals surface area contributed by atoms with Gasteiger partial charge in [0.1, 0.15) is 6.17 Å². The number of piperidine rings is 3. The Kier molecular flexibility index (Phi) is 4.11. The molecule has 3 unspecified atom stereocenters. The molecule has 0 amide bonds. The number of nitrogens with zero attached hydrogens (tertiary/aromatic N) is 1. The monoisotopic (exact) mass is 349 g/mol. The van der Waals surface area contributed by atoms with Gasteiger partial charge in [-0.15, -0.1) is 0 Å². The van der Waals surface area contributed by atoms with Gasteiger partial charge in [0.2, 0.25) is 0 Å². The van der Waals surface area contributed by atoms with E-state index in [1.54, 1.807) is 6.92 Å². The molecule has 1 aliphatic carbocycles. The molecular formula is C15H19ClF3N3O. The lowest BCUT2D eigenvalue weighted by molar-refractivity contribution is -0.139. The molecule has 0 aromatic carbocycles. The van der Waals surface area contributed by atoms with Gasteiger partial charge < -0.3 is 5.73 Å². The average molecular weight is 350 g/mol. The number of fused-ring (bicyclic) bond motifs is 3. The Labute approximate surface area is 137 Å². The largest absolute Gasteiger partial charge is 0.416 e. The molecule has 3 fully saturated rings. The normalized spacial score (nSPS) is 40.9. The smallest absolute Gasteiger partial charge is 0.321 e. The van der Waals surface area contributed by atoms with Crippen LogP contribution in [0.2, 0.25) is 0 Å². The summed E-state index contributed by atoms with van der Waals surface area (Å²) < 4.78 is 39.2. The molecule has 0 aromatic rings. The number of nitrogens with two attached hydrogens (primary N) is 1. The number of halogens is 4. The summed E-state index contributed by atoms with van der Waals surface area (Å²) in [5.41, 5.74) is 3.93. The molecule has 3 N–H and O–H groups in total. The van der Waals surface area contributed by atoms with Gasteiger partial charge in [0.15, 0.2) is 5.78 Å². The van der Waals surface area contributed by atoms with E-state index in [1.165, 1.54) is 0 Å². The van der Waals surface area contributed by atoms with E-state index in [-0.39, 0.29) is 16.7 Å². The Morgan fingerprint density at radius 3 is 2.52 bits per heavy atom. The summed E-state index contributed by atoms with van der Waals surface area (Å²) in [5.74, 6) is 0.0153. The Bertz CT molecular complexity index is 581. The van der Waals surface area contributed by atoms with Crippen molar-refractivity contribution < 1.29 is 18.0 Å². The Hall–Kier alpha value is -0.890. The van der Waals surface area contributed by atoms with E-state index in [1.807, 2.05) is 4.90 Å². The molecule has 3 aliphatic heterocycles. The van der Waals surface area contributed by atoms with Crippen LogP contribution < -0.4 is 11.1 Å². The van der Waals surface area contributed by atoms with Gasteiger partial charge in [0, 0.05) is 24.0 Å². The van der Waals surface area contributed by atoms with Gasteiger partial charge in [-0.2, -0.15) is 13.2 Å². The van der Waals surface area contributed by atoms with Crippen LogP contribution >= 0.6 is 11.6 Å². The highest BCUT2D eigenvalue weighted by Crippen LogP contribution is 2.37. The molecule has 23 heavy (non-hydrogen) atoms. The number of hydrogen-bond acceptors (Lipinski definition) is 4. The summed E-state index contributed by atoms with van der Waals surface area (Å²) in [5, 5.41) is 2.98. The van der Waals surface area contributed by atoms with Crippen LogP contribution in [-0.2, 0) is 4.79 Å². The molecule has 3 saturated heterocycles. The molecule has 128 valence electrons. The summed E-state index contributed by atoms with van der Waals surface area (Å²) in [7, 11) is 0. The summed E-state index contributed by atoms with van der Waals surface area (Å²) in [6.45, 7) is 3.08. The van der Waals surface area contributed by atoms with Gasteiger partial charge in [-0.05, 0) is 25.8 Å². The molecule has 0 saturated carbocycles. The zero-order valence-corrected chi connectivity index (χ0v) is 13.4. The minimum Gasteiger partial charge on any atom is -0.321 e. The van der Waals surface area contributed by atoms with Gasteiger partial charge in [0.05, 0.1) is 17.2 Å². The number of carbonyl (C=O) groups is 1. The number of rotatable bonds is 2. The van der Waals surface area contributed by atoms with Gasteiger partial charge in [-0.1, -0.05) is 17.7 Å². The second-order valence-corrected chi connectivity index (χ2v) is 7.08. The fourth-order valence-electron chi connectivity index (χ4n) is 3.58. The van der Waals surface area contributed by atoms with Crippen molar-refractivity contribution >= 4 is 17.4 Å². The van der Waals surface area contributed by atoms with Crippen LogP contribution in [0, 0.1) is 5.92 Å². The van der Waals surface area contributed by atoms with Gasteiger partial charge >= 0.3 is 6.18 Å². The zero-order valence-electron chi connectivity index (χ0n) is 12.7. The molecule has 4 rings (SSSR count). The van der Waals surface area contributed by atoms with Crippen LogP contribution in [0.25, 0.3) is 0 Å². The van der Waals surface area contributed by atoms with Gasteiger partial charge in [0.25, 0.3) is 0 Å². The van der Waals surface area contributed by atoms with Crippen LogP contribution in [0.3, 0.4) is 0 Å². The summed E-state index contributed by atoms with van der Waals surface area (Å²) in [4.78, 5) is 14.4. The first-order valence-corrected chi connectivity index (χ1v) is 7.98. The molecule has 8 heteroatoms. The second-order valence-electron chi connectivity index (χ2n) is 6.65. The first kappa shape index (κ1) is 17.0. The summed E-state index contributed by atoms with van der Waals surface area (Å²) >= 11 is 5.94. The minimum absolute atomic E-state index is 0.0157. The molecule has 0 aromatic heterocycles. The van der Waals surface area contributed by atoms with Crippen LogP contribution in [-0.4, -0.2) is 47.7 Å². The highest BCUT2D eigenvalue weighted by molar-refractivity contribution is 6.30. The SMILES string of the molecule is CC1(NC2C(=O)C3CCN2CC3)C=C(C(F)(F)F)C=C(Cl)C1N. The van der Waals surface area contributed by atoms with E-state index in [0.29, 0.717) is 0 Å². The van der Waals surface area contributed by atoms with Crippen molar-refractivity contribution in [1.29, 1.82) is 0 Å². The third-order valence-corrected chi connectivity index (χ3v) is 5.38. The molecule has 0 spiro atoms. The maximum atomic E-state index is 13.1. The van der Waals surface area contributed by atoms with Crippen LogP contribution in [0.15, 0.2) is 22.8 Å². The molecule has 0 radical (unpaired) electrons. The number of alkyl halides is 3. The maximum absolute atomic E-state index is 13.1. The number of Topliss-reactive ketones (excluding diaryl/α,β-unsaturated/α-hetero) is 1. The fourth-order valence-corrected chi connectivity index (χ4v) is 3.92. The molecule has 2 bridgehead atoms. The molecule has 4 nitrogen and oxygen atoms in total. The fraction of sp³-hybridized carbons (Fsp3) is 0.667. The summed E-state index contributed by atoms with van der Waals surface area (Å²) in [6.07, 6.45) is -1.61. The lowest BCUT2D eigenvalue weighted by atomic mass is 9.81. The predicted molar refractivity (Wildman–Crippen MR) is 80.7 cm³/mol. The van der Waals surface area contributed by atoms with E-state index < -0.39 is 29.5 Å². The predicted octanol–water partition coefficient (Wildman–Crippen LogP) is 1.91. The van der Waals surface area contributed by atoms with Crippen LogP contribution in [0.5, 0.6) is 0 Å². The topological polar surface area (TPSA) is 58.4 Å². The highest BCUT2D eigenvalue weighted by Gasteiger charge is 2.47. The van der Waals surface area contributed by atoms with Gasteiger partial charge in [-0.25, -0.2) is 0 Å². The number of carbonyl (C=O) groups excluding carboxylic acids is 1. The van der Waals surface area contributed by atoms with E-state index in [0.717, 1.165) is 38.1 Å². The Balaban J connectivity index is 1.89. The third kappa shape index (κ3) is 2.95. The molecule has 3 heterocycles. The molecule has 4 aliphatic rings. The number of ketones is 1. The Morgan fingerprint density at radius 1 is 1.39 bits per heavy atom. The second kappa shape index (κ2) is 5.58. The minimum atomic E-state index is -4.51. The van der Waals surface area contributed by atoms with Crippen molar-refractivity contribution in [1.82, 2.24) is 10.2 Å². The zero-order chi connectivity index (χ0) is 17.0. The first-order valence-electron chi connectivity index (χ1n) is 7.60. The first-order chi connectivity index (χ1) is 10.6. The van der Waals surface area contributed by atoms with E-state index in [2.05, 4.69) is 5.32 Å². The van der Waals surface area contributed by atoms with Crippen molar-refractivity contribution in [2.75, 3.05) is 13.1 Å². The lowest BCUT2D eigenvalue weighted by Crippen LogP contribution is -2.69. The highest BCUT2D eigenvalue weighted by atomic mass is 35.5.